The topological polar surface area (TPSA) is 238 Å². The van der Waals surface area contributed by atoms with Gasteiger partial charge < -0.3 is 41.7 Å². The van der Waals surface area contributed by atoms with Gasteiger partial charge in [-0.1, -0.05) is 12.1 Å². The molecule has 1 saturated carbocycles. The van der Waals surface area contributed by atoms with Crippen molar-refractivity contribution in [3.05, 3.63) is 48.8 Å². The van der Waals surface area contributed by atoms with E-state index < -0.39 is 23.8 Å². The van der Waals surface area contributed by atoms with Crippen LogP contribution in [-0.2, 0) is 48.0 Å². The first-order valence-corrected chi connectivity index (χ1v) is 7.82. The predicted molar refractivity (Wildman–Crippen MR) is 102 cm³/mol. The van der Waals surface area contributed by atoms with E-state index in [1.807, 2.05) is 36.4 Å². The second kappa shape index (κ2) is 17.7. The van der Waals surface area contributed by atoms with Gasteiger partial charge in [0.15, 0.2) is 0 Å². The van der Waals surface area contributed by atoms with Gasteiger partial charge in [-0.3, -0.25) is 9.97 Å². The Hall–Kier alpha value is -2.43. The maximum Gasteiger partial charge on any atom is 2.00 e. The number of carboxylic acids is 2. The second-order valence-electron chi connectivity index (χ2n) is 5.62. The first-order chi connectivity index (χ1) is 11.6. The van der Waals surface area contributed by atoms with Crippen LogP contribution in [0.15, 0.2) is 48.8 Å². The Morgan fingerprint density at radius 3 is 1.21 bits per heavy atom. The van der Waals surface area contributed by atoms with Crippen LogP contribution in [0.3, 0.4) is 0 Å². The van der Waals surface area contributed by atoms with Crippen LogP contribution in [-0.4, -0.2) is 21.9 Å². The molecule has 0 bridgehead atoms. The summed E-state index contributed by atoms with van der Waals surface area (Å²) in [7, 11) is 0. The Morgan fingerprint density at radius 2 is 1.00 bits per heavy atom. The summed E-state index contributed by atoms with van der Waals surface area (Å²) in [5, 5.41) is 20.7. The summed E-state index contributed by atoms with van der Waals surface area (Å²) in [6.07, 6.45) is 5.15. The molecule has 1 aliphatic carbocycles. The molecular weight excluding hydrogens is 431 g/mol. The molecule has 12 N–H and O–H groups in total. The zero-order chi connectivity index (χ0) is 17.4. The molecule has 10 nitrogen and oxygen atoms in total. The predicted octanol–water partition coefficient (Wildman–Crippen LogP) is -3.25. The number of carbonyl (C=O) groups excluding carboxylic acids is 2. The third kappa shape index (κ3) is 11.2. The number of pyridine rings is 2. The minimum atomic E-state index is -1.06. The van der Waals surface area contributed by atoms with Crippen LogP contribution in [0.1, 0.15) is 25.7 Å². The van der Waals surface area contributed by atoms with E-state index in [0.717, 1.165) is 11.4 Å². The molecule has 0 atom stereocenters. The number of hydrogen-bond donors (Lipinski definition) is 0. The average Bonchev–Trinajstić information content (AvgIpc) is 2.64. The van der Waals surface area contributed by atoms with E-state index in [4.69, 9.17) is 0 Å². The van der Waals surface area contributed by atoms with Crippen molar-refractivity contribution in [1.82, 2.24) is 9.97 Å². The monoisotopic (exact) mass is 460 g/mol. The molecule has 0 radical (unpaired) electrons. The molecule has 0 spiro atoms. The molecule has 11 heteroatoms. The smallest absolute Gasteiger partial charge is 0.550 e. The zero-order valence-electron chi connectivity index (χ0n) is 15.8. The fourth-order valence-electron chi connectivity index (χ4n) is 2.59. The maximum absolute atomic E-state index is 10.4. The minimum absolute atomic E-state index is 0. The van der Waals surface area contributed by atoms with Crippen molar-refractivity contribution in [3.63, 3.8) is 0 Å². The summed E-state index contributed by atoms with van der Waals surface area (Å²) in [4.78, 5) is 29.1. The Labute approximate surface area is 178 Å². The van der Waals surface area contributed by atoms with Crippen LogP contribution in [0.2, 0.25) is 0 Å². The molecular formula is C18H30N2NiO8+4. The van der Waals surface area contributed by atoms with E-state index >= 15 is 0 Å². The van der Waals surface area contributed by atoms with Crippen molar-refractivity contribution < 1.29 is 58.2 Å². The van der Waals surface area contributed by atoms with Crippen LogP contribution < -0.4 is 10.2 Å². The van der Waals surface area contributed by atoms with Gasteiger partial charge in [0.05, 0.1) is 11.4 Å². The van der Waals surface area contributed by atoms with E-state index in [-0.39, 0.29) is 38.4 Å². The van der Waals surface area contributed by atoms with Crippen LogP contribution >= 0.6 is 0 Å². The van der Waals surface area contributed by atoms with Crippen molar-refractivity contribution >= 4 is 11.9 Å². The molecule has 0 saturated heterocycles. The molecule has 166 valence electrons. The van der Waals surface area contributed by atoms with E-state index in [9.17, 15) is 19.8 Å². The molecule has 0 aliphatic heterocycles. The van der Waals surface area contributed by atoms with Crippen LogP contribution in [0.5, 0.6) is 0 Å². The summed E-state index contributed by atoms with van der Waals surface area (Å²) in [5.74, 6) is -3.04. The fraction of sp³-hybridized carbons (Fsp3) is 0.333. The van der Waals surface area contributed by atoms with Crippen molar-refractivity contribution in [2.45, 2.75) is 25.7 Å². The van der Waals surface area contributed by atoms with E-state index in [2.05, 4.69) is 9.97 Å². The number of carboxylic acid groups (broad SMARTS) is 2. The molecule has 0 amide bonds. The van der Waals surface area contributed by atoms with E-state index in [0.29, 0.717) is 25.7 Å². The second-order valence-corrected chi connectivity index (χ2v) is 5.62. The number of nitrogens with zero attached hydrogens (tertiary/aromatic N) is 2. The van der Waals surface area contributed by atoms with Gasteiger partial charge in [-0.2, -0.15) is 0 Å². The molecule has 1 fully saturated rings. The Morgan fingerprint density at radius 1 is 0.690 bits per heavy atom. The molecule has 29 heavy (non-hydrogen) atoms. The van der Waals surface area contributed by atoms with Gasteiger partial charge in [-0.15, -0.1) is 0 Å². The number of hydrogen-bond acceptors (Lipinski definition) is 6. The van der Waals surface area contributed by atoms with Crippen LogP contribution in [0.4, 0.5) is 0 Å². The molecule has 2 heterocycles. The number of carbonyl (C=O) groups is 2. The standard InChI is InChI=1S/C10H8N2.C8H12O4.Ni.4H2O/c1-3-7-11-9(5-1)10-6-2-4-8-12-10;9-7(10)5-1-2-6(4-3-5)8(11)12;;;;;/h1-8H;5-6H,1-4H2,(H,9,10)(H,11,12);;4*1H2/q;;+2;;;;/p+2. The van der Waals surface area contributed by atoms with E-state index in [1.165, 1.54) is 0 Å². The first kappa shape index (κ1) is 34.1. The minimum Gasteiger partial charge on any atom is -0.550 e. The quantitative estimate of drug-likeness (QED) is 0.335. The number of aliphatic carboxylic acids is 2. The summed E-state index contributed by atoms with van der Waals surface area (Å²) >= 11 is 0. The van der Waals surface area contributed by atoms with Crippen LogP contribution in [0, 0.1) is 11.8 Å². The van der Waals surface area contributed by atoms with Gasteiger partial charge in [0, 0.05) is 24.3 Å². The molecule has 2 aromatic rings. The summed E-state index contributed by atoms with van der Waals surface area (Å²) in [6.45, 7) is 0. The summed E-state index contributed by atoms with van der Waals surface area (Å²) < 4.78 is 0. The Bertz CT molecular complexity index is 609. The molecule has 0 unspecified atom stereocenters. The van der Waals surface area contributed by atoms with Gasteiger partial charge in [0.1, 0.15) is 0 Å². The Kier molecular flexibility index (Phi) is 20.8. The molecule has 1 aliphatic rings. The van der Waals surface area contributed by atoms with E-state index in [1.54, 1.807) is 12.4 Å². The molecule has 0 aromatic carbocycles. The summed E-state index contributed by atoms with van der Waals surface area (Å²) in [5.41, 5.74) is 1.83. The fourth-order valence-corrected chi connectivity index (χ4v) is 2.59. The van der Waals surface area contributed by atoms with Gasteiger partial charge in [-0.25, -0.2) is 0 Å². The third-order valence-electron chi connectivity index (χ3n) is 3.99. The Balaban J connectivity index is -0.000000184. The molecule has 3 rings (SSSR count). The van der Waals surface area contributed by atoms with Crippen molar-refractivity contribution in [2.75, 3.05) is 0 Å². The number of rotatable bonds is 3. The third-order valence-corrected chi connectivity index (χ3v) is 3.99. The van der Waals surface area contributed by atoms with Gasteiger partial charge >= 0.3 is 16.5 Å². The van der Waals surface area contributed by atoms with Crippen molar-refractivity contribution in [2.24, 2.45) is 11.8 Å². The maximum atomic E-state index is 10.4. The summed E-state index contributed by atoms with van der Waals surface area (Å²) in [6, 6.07) is 11.6. The normalized spacial score (nSPS) is 16.3. The van der Waals surface area contributed by atoms with Crippen LogP contribution in [0.25, 0.3) is 11.4 Å². The van der Waals surface area contributed by atoms with Gasteiger partial charge in [0.25, 0.3) is 0 Å². The first-order valence-electron chi connectivity index (χ1n) is 7.82. The SMILES string of the molecule is O=C([O-])C1CCC(C(=O)[O-])CC1.[Ni+2].[OH3+].[OH3+].[OH3+].[OH3+].c1ccc(-c2ccccn2)nc1. The largest absolute Gasteiger partial charge is 2.00 e. The van der Waals surface area contributed by atoms with Crippen molar-refractivity contribution in [3.8, 4) is 11.4 Å². The van der Waals surface area contributed by atoms with Crippen molar-refractivity contribution in [1.29, 1.82) is 0 Å². The average molecular weight is 461 g/mol. The number of aromatic nitrogens is 2. The van der Waals surface area contributed by atoms with Gasteiger partial charge in [0.2, 0.25) is 0 Å². The molecule has 2 aromatic heterocycles. The zero-order valence-corrected chi connectivity index (χ0v) is 16.7. The van der Waals surface area contributed by atoms with Gasteiger partial charge in [-0.05, 0) is 61.8 Å².